The first-order valence-corrected chi connectivity index (χ1v) is 6.47. The number of ether oxygens (including phenoxy) is 1. The molecule has 4 nitrogen and oxygen atoms in total. The van der Waals surface area contributed by atoms with E-state index in [1.165, 1.54) is 32.7 Å². The Morgan fingerprint density at radius 3 is 2.38 bits per heavy atom. The summed E-state index contributed by atoms with van der Waals surface area (Å²) in [7, 11) is 1.79. The summed E-state index contributed by atoms with van der Waals surface area (Å²) in [6.07, 6.45) is 0. The van der Waals surface area contributed by atoms with E-state index >= 15 is 0 Å². The van der Waals surface area contributed by atoms with Crippen molar-refractivity contribution in [2.75, 3.05) is 59.5 Å². The van der Waals surface area contributed by atoms with Crippen LogP contribution in [0.2, 0.25) is 0 Å². The number of methoxy groups -OCH3 is 1. The Balaban J connectivity index is 2.33. The van der Waals surface area contributed by atoms with Gasteiger partial charge in [-0.2, -0.15) is 0 Å². The van der Waals surface area contributed by atoms with E-state index < -0.39 is 0 Å². The summed E-state index contributed by atoms with van der Waals surface area (Å²) < 4.78 is 5.31. The molecular weight excluding hydrogens is 202 g/mol. The third-order valence-electron chi connectivity index (χ3n) is 3.36. The summed E-state index contributed by atoms with van der Waals surface area (Å²) in [4.78, 5) is 5.06. The van der Waals surface area contributed by atoms with E-state index in [0.29, 0.717) is 6.04 Å². The molecule has 0 saturated carbocycles. The van der Waals surface area contributed by atoms with Gasteiger partial charge in [-0.3, -0.25) is 4.90 Å². The predicted octanol–water partition coefficient (Wildman–Crippen LogP) is 0.248. The van der Waals surface area contributed by atoms with Gasteiger partial charge in [0.2, 0.25) is 0 Å². The van der Waals surface area contributed by atoms with Crippen LogP contribution in [0.4, 0.5) is 0 Å². The molecule has 0 radical (unpaired) electrons. The van der Waals surface area contributed by atoms with Crippen molar-refractivity contribution in [2.45, 2.75) is 19.9 Å². The van der Waals surface area contributed by atoms with Crippen LogP contribution in [-0.4, -0.2) is 75.4 Å². The number of nitrogens with one attached hydrogen (secondary N) is 1. The smallest absolute Gasteiger partial charge is 0.0630 e. The molecule has 0 aromatic carbocycles. The molecule has 0 aliphatic carbocycles. The van der Waals surface area contributed by atoms with Crippen molar-refractivity contribution < 1.29 is 4.74 Å². The highest BCUT2D eigenvalue weighted by Crippen LogP contribution is 2.06. The van der Waals surface area contributed by atoms with E-state index in [2.05, 4.69) is 29.0 Å². The average molecular weight is 229 g/mol. The van der Waals surface area contributed by atoms with E-state index in [1.807, 2.05) is 0 Å². The zero-order valence-corrected chi connectivity index (χ0v) is 11.0. The van der Waals surface area contributed by atoms with Gasteiger partial charge in [0.25, 0.3) is 0 Å². The number of nitrogens with zero attached hydrogens (tertiary/aromatic N) is 2. The van der Waals surface area contributed by atoms with Crippen molar-refractivity contribution >= 4 is 0 Å². The largest absolute Gasteiger partial charge is 0.383 e. The Bertz CT molecular complexity index is 170. The lowest BCUT2D eigenvalue weighted by Crippen LogP contribution is -2.54. The lowest BCUT2D eigenvalue weighted by atomic mass is 10.2. The number of piperazine rings is 1. The summed E-state index contributed by atoms with van der Waals surface area (Å²) in [6, 6.07) is 0.531. The Morgan fingerprint density at radius 2 is 1.88 bits per heavy atom. The highest BCUT2D eigenvalue weighted by molar-refractivity contribution is 4.79. The average Bonchev–Trinajstić information content (AvgIpc) is 2.35. The summed E-state index contributed by atoms with van der Waals surface area (Å²) >= 11 is 0. The van der Waals surface area contributed by atoms with Crippen molar-refractivity contribution in [3.05, 3.63) is 0 Å². The second-order valence-corrected chi connectivity index (χ2v) is 4.39. The van der Waals surface area contributed by atoms with E-state index in [4.69, 9.17) is 4.74 Å². The quantitative estimate of drug-likeness (QED) is 0.677. The third-order valence-corrected chi connectivity index (χ3v) is 3.36. The van der Waals surface area contributed by atoms with Gasteiger partial charge in [-0.05, 0) is 13.1 Å². The first-order chi connectivity index (χ1) is 7.81. The second kappa shape index (κ2) is 8.01. The van der Waals surface area contributed by atoms with Crippen LogP contribution in [0.25, 0.3) is 0 Å². The minimum atomic E-state index is 0.531. The van der Waals surface area contributed by atoms with Gasteiger partial charge in [0.1, 0.15) is 0 Å². The minimum absolute atomic E-state index is 0.531. The molecule has 1 rings (SSSR count). The zero-order chi connectivity index (χ0) is 11.8. The summed E-state index contributed by atoms with van der Waals surface area (Å²) in [6.45, 7) is 13.2. The SMILES string of the molecule is CCNCC(COC)N1CCN(CC)CC1. The van der Waals surface area contributed by atoms with Gasteiger partial charge in [0.05, 0.1) is 6.61 Å². The van der Waals surface area contributed by atoms with Crippen LogP contribution in [0.3, 0.4) is 0 Å². The summed E-state index contributed by atoms with van der Waals surface area (Å²) in [5, 5.41) is 3.42. The van der Waals surface area contributed by atoms with Gasteiger partial charge in [-0.15, -0.1) is 0 Å². The zero-order valence-electron chi connectivity index (χ0n) is 11.0. The van der Waals surface area contributed by atoms with Crippen molar-refractivity contribution in [3.8, 4) is 0 Å². The fourth-order valence-corrected chi connectivity index (χ4v) is 2.24. The number of likely N-dealkylation sites (N-methyl/N-ethyl adjacent to an activating group) is 2. The molecule has 1 aliphatic rings. The number of hydrogen-bond acceptors (Lipinski definition) is 4. The first kappa shape index (κ1) is 13.9. The maximum absolute atomic E-state index is 5.31. The molecule has 0 bridgehead atoms. The van der Waals surface area contributed by atoms with Gasteiger partial charge in [0, 0.05) is 45.9 Å². The molecule has 1 atom stereocenters. The Hall–Kier alpha value is -0.160. The number of hydrogen-bond donors (Lipinski definition) is 1. The molecule has 1 heterocycles. The van der Waals surface area contributed by atoms with Gasteiger partial charge >= 0.3 is 0 Å². The molecule has 0 aromatic rings. The maximum Gasteiger partial charge on any atom is 0.0630 e. The van der Waals surface area contributed by atoms with Crippen LogP contribution in [0.1, 0.15) is 13.8 Å². The van der Waals surface area contributed by atoms with E-state index in [9.17, 15) is 0 Å². The van der Waals surface area contributed by atoms with Crippen molar-refractivity contribution in [3.63, 3.8) is 0 Å². The van der Waals surface area contributed by atoms with Crippen LogP contribution in [0.5, 0.6) is 0 Å². The molecule has 96 valence electrons. The molecule has 1 fully saturated rings. The van der Waals surface area contributed by atoms with Crippen LogP contribution >= 0.6 is 0 Å². The standard InChI is InChI=1S/C12H27N3O/c1-4-13-10-12(11-16-3)15-8-6-14(5-2)7-9-15/h12-13H,4-11H2,1-3H3. The molecule has 1 saturated heterocycles. The van der Waals surface area contributed by atoms with Crippen LogP contribution in [0, 0.1) is 0 Å². The van der Waals surface area contributed by atoms with Gasteiger partial charge < -0.3 is 15.0 Å². The molecule has 0 aromatic heterocycles. The van der Waals surface area contributed by atoms with Crippen molar-refractivity contribution in [2.24, 2.45) is 0 Å². The van der Waals surface area contributed by atoms with Gasteiger partial charge in [-0.1, -0.05) is 13.8 Å². The minimum Gasteiger partial charge on any atom is -0.383 e. The summed E-state index contributed by atoms with van der Waals surface area (Å²) in [5.74, 6) is 0. The Morgan fingerprint density at radius 1 is 1.19 bits per heavy atom. The highest BCUT2D eigenvalue weighted by Gasteiger charge is 2.22. The molecule has 1 N–H and O–H groups in total. The van der Waals surface area contributed by atoms with Crippen LogP contribution in [-0.2, 0) is 4.74 Å². The Labute approximate surface area is 99.9 Å². The van der Waals surface area contributed by atoms with E-state index in [0.717, 1.165) is 19.7 Å². The fourth-order valence-electron chi connectivity index (χ4n) is 2.24. The van der Waals surface area contributed by atoms with Crippen molar-refractivity contribution in [1.29, 1.82) is 0 Å². The maximum atomic E-state index is 5.31. The molecule has 0 amide bonds. The molecule has 1 unspecified atom stereocenters. The van der Waals surface area contributed by atoms with Crippen LogP contribution < -0.4 is 5.32 Å². The molecule has 1 aliphatic heterocycles. The topological polar surface area (TPSA) is 27.7 Å². The third kappa shape index (κ3) is 4.37. The lowest BCUT2D eigenvalue weighted by molar-refractivity contribution is 0.0513. The monoisotopic (exact) mass is 229 g/mol. The summed E-state index contributed by atoms with van der Waals surface area (Å²) in [5.41, 5.74) is 0. The lowest BCUT2D eigenvalue weighted by Gasteiger charge is -2.38. The fraction of sp³-hybridized carbons (Fsp3) is 1.00. The van der Waals surface area contributed by atoms with Gasteiger partial charge in [-0.25, -0.2) is 0 Å². The van der Waals surface area contributed by atoms with Crippen molar-refractivity contribution in [1.82, 2.24) is 15.1 Å². The molecule has 4 heteroatoms. The highest BCUT2D eigenvalue weighted by atomic mass is 16.5. The number of rotatable bonds is 7. The Kier molecular flexibility index (Phi) is 6.96. The first-order valence-electron chi connectivity index (χ1n) is 6.47. The normalized spacial score (nSPS) is 21.2. The van der Waals surface area contributed by atoms with E-state index in [1.54, 1.807) is 7.11 Å². The second-order valence-electron chi connectivity index (χ2n) is 4.39. The molecular formula is C12H27N3O. The predicted molar refractivity (Wildman–Crippen MR) is 67.9 cm³/mol. The van der Waals surface area contributed by atoms with E-state index in [-0.39, 0.29) is 0 Å². The van der Waals surface area contributed by atoms with Gasteiger partial charge in [0.15, 0.2) is 0 Å². The molecule has 0 spiro atoms. The van der Waals surface area contributed by atoms with Crippen LogP contribution in [0.15, 0.2) is 0 Å². The molecule has 16 heavy (non-hydrogen) atoms.